The van der Waals surface area contributed by atoms with Crippen molar-refractivity contribution in [3.63, 3.8) is 0 Å². The number of alkyl halides is 3. The molecule has 0 aliphatic heterocycles. The molecule has 0 atom stereocenters. The highest BCUT2D eigenvalue weighted by Gasteiger charge is 2.29. The van der Waals surface area contributed by atoms with Crippen LogP contribution in [0.3, 0.4) is 0 Å². The Morgan fingerprint density at radius 3 is 2.21 bits per heavy atom. The first-order chi connectivity index (χ1) is 16.2. The summed E-state index contributed by atoms with van der Waals surface area (Å²) in [6.07, 6.45) is -4.38. The maximum atomic E-state index is 12.9. The fourth-order valence-corrected chi connectivity index (χ4v) is 3.31. The van der Waals surface area contributed by atoms with Crippen molar-refractivity contribution in [2.45, 2.75) is 26.2 Å². The van der Waals surface area contributed by atoms with Gasteiger partial charge in [-0.25, -0.2) is 0 Å². The zero-order valence-electron chi connectivity index (χ0n) is 18.6. The molecule has 3 rings (SSSR count). The van der Waals surface area contributed by atoms with Crippen LogP contribution in [0.15, 0.2) is 66.7 Å². The number of benzene rings is 3. The maximum absolute atomic E-state index is 12.9. The van der Waals surface area contributed by atoms with Gasteiger partial charge in [-0.1, -0.05) is 24.3 Å². The second kappa shape index (κ2) is 10.8. The van der Waals surface area contributed by atoms with Crippen LogP contribution in [0.1, 0.15) is 34.0 Å². The predicted octanol–water partition coefficient (Wildman–Crippen LogP) is 5.21. The van der Waals surface area contributed by atoms with E-state index >= 15 is 0 Å². The smallest absolute Gasteiger partial charge is 0.416 e. The summed E-state index contributed by atoms with van der Waals surface area (Å²) in [5, 5.41) is 8.62. The molecule has 0 bridgehead atoms. The van der Waals surface area contributed by atoms with E-state index in [-0.39, 0.29) is 11.8 Å². The van der Waals surface area contributed by atoms with E-state index < -0.39 is 11.7 Å². The highest BCUT2D eigenvalue weighted by molar-refractivity contribution is 6.06. The number of anilines is 2. The predicted molar refractivity (Wildman–Crippen MR) is 124 cm³/mol. The van der Waals surface area contributed by atoms with Crippen LogP contribution >= 0.6 is 0 Å². The van der Waals surface area contributed by atoms with Gasteiger partial charge in [0.05, 0.1) is 18.4 Å². The first-order valence-electron chi connectivity index (χ1n) is 10.4. The van der Waals surface area contributed by atoms with E-state index in [9.17, 15) is 22.8 Å². The minimum absolute atomic E-state index is 0.286. The van der Waals surface area contributed by atoms with Crippen molar-refractivity contribution in [2.24, 2.45) is 0 Å². The number of methoxy groups -OCH3 is 1. The Morgan fingerprint density at radius 1 is 0.882 bits per heavy atom. The standard InChI is InChI=1S/C25H24F3N3O3/c1-16(32)30-21-12-18(15-29-14-17-7-9-20(10-8-17)25(26,27)28)11-19(13-21)24(33)31-22-5-3-4-6-23(22)34-2/h3-13,29H,14-15H2,1-2H3,(H,30,32)(H,31,33). The summed E-state index contributed by atoms with van der Waals surface area (Å²) in [7, 11) is 1.50. The quantitative estimate of drug-likeness (QED) is 0.421. The third kappa shape index (κ3) is 6.82. The summed E-state index contributed by atoms with van der Waals surface area (Å²) in [6, 6.07) is 16.8. The molecular weight excluding hydrogens is 447 g/mol. The van der Waals surface area contributed by atoms with Crippen molar-refractivity contribution in [3.8, 4) is 5.75 Å². The van der Waals surface area contributed by atoms with Gasteiger partial charge in [0.1, 0.15) is 5.75 Å². The van der Waals surface area contributed by atoms with E-state index in [1.807, 2.05) is 0 Å². The highest BCUT2D eigenvalue weighted by Crippen LogP contribution is 2.29. The lowest BCUT2D eigenvalue weighted by Crippen LogP contribution is -2.17. The lowest BCUT2D eigenvalue weighted by Gasteiger charge is -2.13. The van der Waals surface area contributed by atoms with Crippen molar-refractivity contribution in [2.75, 3.05) is 17.7 Å². The first kappa shape index (κ1) is 24.8. The number of amides is 2. The van der Waals surface area contributed by atoms with Gasteiger partial charge in [-0.05, 0) is 53.6 Å². The highest BCUT2D eigenvalue weighted by atomic mass is 19.4. The minimum Gasteiger partial charge on any atom is -0.495 e. The second-order valence-corrected chi connectivity index (χ2v) is 7.55. The Labute approximate surface area is 195 Å². The molecule has 34 heavy (non-hydrogen) atoms. The molecular formula is C25H24F3N3O3. The van der Waals surface area contributed by atoms with Crippen molar-refractivity contribution in [1.82, 2.24) is 5.32 Å². The van der Waals surface area contributed by atoms with Crippen molar-refractivity contribution < 1.29 is 27.5 Å². The molecule has 0 radical (unpaired) electrons. The van der Waals surface area contributed by atoms with E-state index in [1.165, 1.54) is 26.2 Å². The van der Waals surface area contributed by atoms with Gasteiger partial charge in [0.2, 0.25) is 5.91 Å². The van der Waals surface area contributed by atoms with E-state index in [1.54, 1.807) is 42.5 Å². The topological polar surface area (TPSA) is 79.5 Å². The average molecular weight is 471 g/mol. The zero-order valence-corrected chi connectivity index (χ0v) is 18.6. The molecule has 2 amide bonds. The Hall–Kier alpha value is -3.85. The molecule has 0 spiro atoms. The van der Waals surface area contributed by atoms with Crippen molar-refractivity contribution in [3.05, 3.63) is 89.0 Å². The number of carbonyl (C=O) groups excluding carboxylic acids is 2. The van der Waals surface area contributed by atoms with E-state index in [2.05, 4.69) is 16.0 Å². The maximum Gasteiger partial charge on any atom is 0.416 e. The number of nitrogens with one attached hydrogen (secondary N) is 3. The van der Waals surface area contributed by atoms with Crippen molar-refractivity contribution >= 4 is 23.2 Å². The van der Waals surface area contributed by atoms with Crippen LogP contribution < -0.4 is 20.7 Å². The summed E-state index contributed by atoms with van der Waals surface area (Å²) >= 11 is 0. The summed E-state index contributed by atoms with van der Waals surface area (Å²) in [5.74, 6) is -0.168. The summed E-state index contributed by atoms with van der Waals surface area (Å²) in [5.41, 5.74) is 1.96. The third-order valence-corrected chi connectivity index (χ3v) is 4.87. The lowest BCUT2D eigenvalue weighted by atomic mass is 10.1. The molecule has 3 aromatic rings. The SMILES string of the molecule is COc1ccccc1NC(=O)c1cc(CNCc2ccc(C(F)(F)F)cc2)cc(NC(C)=O)c1. The summed E-state index contributed by atoms with van der Waals surface area (Å²) in [6.45, 7) is 2.01. The van der Waals surface area contributed by atoms with Gasteiger partial charge in [-0.2, -0.15) is 13.2 Å². The molecule has 0 saturated heterocycles. The van der Waals surface area contributed by atoms with Crippen LogP contribution in [0.2, 0.25) is 0 Å². The monoisotopic (exact) mass is 471 g/mol. The molecule has 0 heterocycles. The van der Waals surface area contributed by atoms with Crippen LogP contribution in [-0.2, 0) is 24.1 Å². The van der Waals surface area contributed by atoms with Gasteiger partial charge in [0.15, 0.2) is 0 Å². The van der Waals surface area contributed by atoms with Gasteiger partial charge in [0, 0.05) is 31.3 Å². The van der Waals surface area contributed by atoms with Crippen molar-refractivity contribution in [1.29, 1.82) is 0 Å². The second-order valence-electron chi connectivity index (χ2n) is 7.55. The zero-order chi connectivity index (χ0) is 24.7. The summed E-state index contributed by atoms with van der Waals surface area (Å²) < 4.78 is 43.4. The van der Waals surface area contributed by atoms with Gasteiger partial charge in [-0.15, -0.1) is 0 Å². The van der Waals surface area contributed by atoms with Crippen LogP contribution in [0.25, 0.3) is 0 Å². The first-order valence-corrected chi connectivity index (χ1v) is 10.4. The fraction of sp³-hybridized carbons (Fsp3) is 0.200. The number of hydrogen-bond donors (Lipinski definition) is 3. The lowest BCUT2D eigenvalue weighted by molar-refractivity contribution is -0.137. The van der Waals surface area contributed by atoms with E-state index in [0.717, 1.165) is 12.1 Å². The third-order valence-electron chi connectivity index (χ3n) is 4.87. The number of para-hydroxylation sites is 2. The molecule has 0 fully saturated rings. The van der Waals surface area contributed by atoms with Gasteiger partial charge in [-0.3, -0.25) is 9.59 Å². The average Bonchev–Trinajstić information content (AvgIpc) is 2.78. The molecule has 0 saturated carbocycles. The van der Waals surface area contributed by atoms with Gasteiger partial charge >= 0.3 is 6.18 Å². The van der Waals surface area contributed by atoms with Crippen LogP contribution in [0.4, 0.5) is 24.5 Å². The van der Waals surface area contributed by atoms with Crippen LogP contribution in [0.5, 0.6) is 5.75 Å². The normalized spacial score (nSPS) is 11.1. The molecule has 3 aromatic carbocycles. The number of ether oxygens (including phenoxy) is 1. The Kier molecular flexibility index (Phi) is 7.91. The molecule has 9 heteroatoms. The molecule has 178 valence electrons. The molecule has 0 aromatic heterocycles. The van der Waals surface area contributed by atoms with E-state index in [0.29, 0.717) is 46.9 Å². The van der Waals surface area contributed by atoms with Gasteiger partial charge < -0.3 is 20.7 Å². The Morgan fingerprint density at radius 2 is 1.56 bits per heavy atom. The molecule has 0 aliphatic carbocycles. The largest absolute Gasteiger partial charge is 0.495 e. The van der Waals surface area contributed by atoms with Crippen LogP contribution in [-0.4, -0.2) is 18.9 Å². The Bertz CT molecular complexity index is 1160. The number of carbonyl (C=O) groups is 2. The number of hydrogen-bond acceptors (Lipinski definition) is 4. The molecule has 0 unspecified atom stereocenters. The van der Waals surface area contributed by atoms with E-state index in [4.69, 9.17) is 4.74 Å². The number of halogens is 3. The van der Waals surface area contributed by atoms with Gasteiger partial charge in [0.25, 0.3) is 5.91 Å². The molecule has 6 nitrogen and oxygen atoms in total. The Balaban J connectivity index is 1.73. The number of rotatable bonds is 8. The summed E-state index contributed by atoms with van der Waals surface area (Å²) in [4.78, 5) is 24.4. The molecule has 3 N–H and O–H groups in total. The minimum atomic E-state index is -4.38. The molecule has 0 aliphatic rings. The van der Waals surface area contributed by atoms with Crippen LogP contribution in [0, 0.1) is 0 Å². The fourth-order valence-electron chi connectivity index (χ4n) is 3.31.